The van der Waals surface area contributed by atoms with Crippen LogP contribution in [0.3, 0.4) is 0 Å². The number of fused-ring (bicyclic) bond motifs is 2. The van der Waals surface area contributed by atoms with E-state index in [9.17, 15) is 9.59 Å². The van der Waals surface area contributed by atoms with Crippen molar-refractivity contribution < 1.29 is 4.79 Å². The minimum atomic E-state index is -0.297. The minimum Gasteiger partial charge on any atom is -0.346 e. The molecule has 0 unspecified atom stereocenters. The lowest BCUT2D eigenvalue weighted by molar-refractivity contribution is 0.0950. The molecular formula is C25H29N5O2. The van der Waals surface area contributed by atoms with Crippen LogP contribution in [0.25, 0.3) is 11.2 Å². The van der Waals surface area contributed by atoms with Gasteiger partial charge < -0.3 is 15.0 Å². The van der Waals surface area contributed by atoms with Crippen LogP contribution in [-0.4, -0.2) is 26.2 Å². The normalized spacial score (nSPS) is 11.8. The molecule has 0 aromatic carbocycles. The van der Waals surface area contributed by atoms with Gasteiger partial charge in [-0.1, -0.05) is 32.9 Å². The van der Waals surface area contributed by atoms with Gasteiger partial charge in [-0.25, -0.2) is 4.98 Å². The molecule has 0 aliphatic heterocycles. The zero-order valence-electron chi connectivity index (χ0n) is 18.8. The second-order valence-electron chi connectivity index (χ2n) is 9.28. The maximum Gasteiger partial charge on any atom is 0.255 e. The van der Waals surface area contributed by atoms with Crippen molar-refractivity contribution in [3.05, 3.63) is 88.2 Å². The van der Waals surface area contributed by atoms with Crippen LogP contribution in [-0.2, 0) is 13.1 Å². The van der Waals surface area contributed by atoms with Gasteiger partial charge in [-0.15, -0.1) is 0 Å². The molecule has 7 heteroatoms. The lowest BCUT2D eigenvalue weighted by atomic mass is 9.92. The van der Waals surface area contributed by atoms with Crippen molar-refractivity contribution in [2.45, 2.75) is 40.3 Å². The van der Waals surface area contributed by atoms with E-state index in [-0.39, 0.29) is 18.0 Å². The summed E-state index contributed by atoms with van der Waals surface area (Å²) in [4.78, 5) is 29.4. The second kappa shape index (κ2) is 8.96. The van der Waals surface area contributed by atoms with E-state index in [4.69, 9.17) is 0 Å². The Morgan fingerprint density at radius 1 is 1.06 bits per heavy atom. The van der Waals surface area contributed by atoms with Crippen molar-refractivity contribution in [1.82, 2.24) is 24.4 Å². The molecule has 4 heterocycles. The van der Waals surface area contributed by atoms with Crippen LogP contribution < -0.4 is 16.2 Å². The minimum absolute atomic E-state index is 0.232. The molecule has 2 N–H and O–H groups in total. The summed E-state index contributed by atoms with van der Waals surface area (Å²) < 4.78 is 3.49. The van der Waals surface area contributed by atoms with Crippen LogP contribution in [0.1, 0.15) is 48.8 Å². The topological polar surface area (TPSA) is 79.9 Å². The summed E-state index contributed by atoms with van der Waals surface area (Å²) in [7, 11) is 0. The number of hydrogen-bond donors (Lipinski definition) is 2. The van der Waals surface area contributed by atoms with E-state index in [0.717, 1.165) is 30.9 Å². The Hall–Kier alpha value is -3.45. The third kappa shape index (κ3) is 5.23. The third-order valence-electron chi connectivity index (χ3n) is 5.35. The number of carbonyl (C=O) groups excluding carboxylic acids is 1. The lowest BCUT2D eigenvalue weighted by Crippen LogP contribution is -2.25. The average Bonchev–Trinajstić information content (AvgIpc) is 3.16. The van der Waals surface area contributed by atoms with E-state index >= 15 is 0 Å². The van der Waals surface area contributed by atoms with Gasteiger partial charge in [0.2, 0.25) is 0 Å². The van der Waals surface area contributed by atoms with Gasteiger partial charge in [-0.3, -0.25) is 14.0 Å². The zero-order valence-corrected chi connectivity index (χ0v) is 18.8. The second-order valence-corrected chi connectivity index (χ2v) is 9.28. The van der Waals surface area contributed by atoms with Crippen LogP contribution in [0.2, 0.25) is 0 Å². The first kappa shape index (κ1) is 21.8. The molecule has 166 valence electrons. The summed E-state index contributed by atoms with van der Waals surface area (Å²) in [5.74, 6) is -0.297. The largest absolute Gasteiger partial charge is 0.346 e. The van der Waals surface area contributed by atoms with Gasteiger partial charge in [0.15, 0.2) is 0 Å². The third-order valence-corrected chi connectivity index (χ3v) is 5.35. The van der Waals surface area contributed by atoms with Crippen LogP contribution in [0, 0.1) is 5.41 Å². The Kier molecular flexibility index (Phi) is 6.10. The summed E-state index contributed by atoms with van der Waals surface area (Å²) in [5, 5.41) is 6.35. The Morgan fingerprint density at radius 2 is 1.91 bits per heavy atom. The highest BCUT2D eigenvalue weighted by atomic mass is 16.2. The highest BCUT2D eigenvalue weighted by Crippen LogP contribution is 2.17. The monoisotopic (exact) mass is 431 g/mol. The van der Waals surface area contributed by atoms with Gasteiger partial charge in [-0.2, -0.15) is 0 Å². The Balaban J connectivity index is 1.39. The summed E-state index contributed by atoms with van der Waals surface area (Å²) in [6.45, 7) is 8.78. The lowest BCUT2D eigenvalue weighted by Gasteiger charge is -2.18. The van der Waals surface area contributed by atoms with Crippen molar-refractivity contribution >= 4 is 17.1 Å². The molecule has 0 radical (unpaired) electrons. The standard InChI is InChI=1S/C25H29N5O2/c1-25(2,3)9-10-26-14-18-7-8-22-28-20(17-29(22)16-18)15-27-24(32)19-12-21-6-4-5-11-30(21)23(31)13-19/h4-8,11-13,16-17,26H,9-10,14-15H2,1-3H3,(H,27,32). The first-order valence-corrected chi connectivity index (χ1v) is 10.9. The molecule has 0 atom stereocenters. The van der Waals surface area contributed by atoms with Crippen molar-refractivity contribution in [3.8, 4) is 0 Å². The first-order chi connectivity index (χ1) is 15.3. The molecule has 0 bridgehead atoms. The molecule has 0 spiro atoms. The van der Waals surface area contributed by atoms with Gasteiger partial charge >= 0.3 is 0 Å². The molecule has 0 saturated carbocycles. The predicted octanol–water partition coefficient (Wildman–Crippen LogP) is 3.40. The molecular weight excluding hydrogens is 402 g/mol. The van der Waals surface area contributed by atoms with Gasteiger partial charge in [0.05, 0.1) is 12.2 Å². The highest BCUT2D eigenvalue weighted by Gasteiger charge is 2.11. The molecule has 4 rings (SSSR count). The fraction of sp³-hybridized carbons (Fsp3) is 0.320. The molecule has 7 nitrogen and oxygen atoms in total. The molecule has 4 aromatic rings. The fourth-order valence-corrected chi connectivity index (χ4v) is 3.56. The van der Waals surface area contributed by atoms with Gasteiger partial charge in [0.1, 0.15) is 5.65 Å². The molecule has 0 saturated heterocycles. The number of pyridine rings is 3. The summed E-state index contributed by atoms with van der Waals surface area (Å²) in [6.07, 6.45) is 6.78. The van der Waals surface area contributed by atoms with Crippen LogP contribution in [0.5, 0.6) is 0 Å². The number of hydrogen-bond acceptors (Lipinski definition) is 4. The number of rotatable bonds is 7. The van der Waals surface area contributed by atoms with E-state index in [1.54, 1.807) is 24.4 Å². The fourth-order valence-electron chi connectivity index (χ4n) is 3.56. The maximum atomic E-state index is 12.6. The quantitative estimate of drug-likeness (QED) is 0.440. The average molecular weight is 432 g/mol. The maximum absolute atomic E-state index is 12.6. The molecule has 4 aromatic heterocycles. The number of nitrogens with zero attached hydrogens (tertiary/aromatic N) is 3. The van der Waals surface area contributed by atoms with Gasteiger partial charge in [0.25, 0.3) is 11.5 Å². The molecule has 0 aliphatic carbocycles. The van der Waals surface area contributed by atoms with Crippen molar-refractivity contribution in [3.63, 3.8) is 0 Å². The summed E-state index contributed by atoms with van der Waals surface area (Å²) in [6, 6.07) is 12.5. The molecule has 32 heavy (non-hydrogen) atoms. The van der Waals surface area contributed by atoms with Gasteiger partial charge in [-0.05, 0) is 48.2 Å². The van der Waals surface area contributed by atoms with Crippen LogP contribution in [0.15, 0.2) is 65.8 Å². The van der Waals surface area contributed by atoms with E-state index in [2.05, 4.69) is 48.7 Å². The van der Waals surface area contributed by atoms with Crippen LogP contribution >= 0.6 is 0 Å². The first-order valence-electron chi connectivity index (χ1n) is 10.9. The predicted molar refractivity (Wildman–Crippen MR) is 126 cm³/mol. The summed E-state index contributed by atoms with van der Waals surface area (Å²) >= 11 is 0. The Morgan fingerprint density at radius 3 is 2.72 bits per heavy atom. The smallest absolute Gasteiger partial charge is 0.255 e. The zero-order chi connectivity index (χ0) is 22.7. The number of nitrogens with one attached hydrogen (secondary N) is 2. The molecule has 0 fully saturated rings. The molecule has 0 aliphatic rings. The van der Waals surface area contributed by atoms with Crippen molar-refractivity contribution in [1.29, 1.82) is 0 Å². The number of aromatic nitrogens is 3. The number of carbonyl (C=O) groups is 1. The van der Waals surface area contributed by atoms with Crippen LogP contribution in [0.4, 0.5) is 0 Å². The van der Waals surface area contributed by atoms with E-state index in [1.165, 1.54) is 16.0 Å². The van der Waals surface area contributed by atoms with E-state index in [1.807, 2.05) is 22.7 Å². The van der Waals surface area contributed by atoms with E-state index < -0.39 is 0 Å². The Labute approximate surface area is 187 Å². The van der Waals surface area contributed by atoms with Crippen molar-refractivity contribution in [2.75, 3.05) is 6.54 Å². The highest BCUT2D eigenvalue weighted by molar-refractivity contribution is 5.95. The Bertz CT molecular complexity index is 1310. The summed E-state index contributed by atoms with van der Waals surface area (Å²) in [5.41, 5.74) is 3.88. The number of amides is 1. The number of imidazole rings is 1. The van der Waals surface area contributed by atoms with E-state index in [0.29, 0.717) is 16.5 Å². The van der Waals surface area contributed by atoms with Crippen molar-refractivity contribution in [2.24, 2.45) is 5.41 Å². The molecule has 1 amide bonds. The SMILES string of the molecule is CC(C)(C)CCNCc1ccc2nc(CNC(=O)c3cc(=O)n4ccccc4c3)cn2c1. The van der Waals surface area contributed by atoms with Gasteiger partial charge in [0, 0.05) is 42.3 Å².